The van der Waals surface area contributed by atoms with Gasteiger partial charge >= 0.3 is 0 Å². The Kier molecular flexibility index (Phi) is 3.20. The Morgan fingerprint density at radius 3 is 3.00 bits per heavy atom. The van der Waals surface area contributed by atoms with Gasteiger partial charge in [0.1, 0.15) is 5.75 Å². The predicted molar refractivity (Wildman–Crippen MR) is 63.8 cm³/mol. The van der Waals surface area contributed by atoms with Gasteiger partial charge < -0.3 is 4.74 Å². The number of hydrogen-bond acceptors (Lipinski definition) is 2. The number of Topliss-reactive ketones (excluding diaryl/α,β-unsaturated/α-hetero) is 1. The molecule has 2 heteroatoms. The molecule has 0 saturated heterocycles. The lowest BCUT2D eigenvalue weighted by molar-refractivity contribution is 0.0992. The van der Waals surface area contributed by atoms with E-state index in [2.05, 4.69) is 6.08 Å². The molecule has 0 saturated carbocycles. The maximum absolute atomic E-state index is 11.9. The third kappa shape index (κ3) is 2.40. The molecule has 0 bridgehead atoms. The van der Waals surface area contributed by atoms with Crippen molar-refractivity contribution in [3.63, 3.8) is 0 Å². The molecule has 1 aliphatic rings. The van der Waals surface area contributed by atoms with Crippen LogP contribution in [0.3, 0.4) is 0 Å². The first-order valence-electron chi connectivity index (χ1n) is 5.31. The van der Waals surface area contributed by atoms with E-state index in [1.165, 1.54) is 5.57 Å². The van der Waals surface area contributed by atoms with E-state index in [1.54, 1.807) is 13.2 Å². The summed E-state index contributed by atoms with van der Waals surface area (Å²) in [4.78, 5) is 11.9. The Bertz CT molecular complexity index is 456. The van der Waals surface area contributed by atoms with E-state index in [-0.39, 0.29) is 5.78 Å². The Morgan fingerprint density at radius 1 is 1.44 bits per heavy atom. The minimum absolute atomic E-state index is 0.147. The third-order valence-electron chi connectivity index (χ3n) is 2.63. The molecule has 0 aliphatic heterocycles. The fraction of sp³-hybridized carbons (Fsp3) is 0.214. The molecule has 0 heterocycles. The number of benzene rings is 1. The third-order valence-corrected chi connectivity index (χ3v) is 2.63. The Morgan fingerprint density at radius 2 is 2.31 bits per heavy atom. The van der Waals surface area contributed by atoms with Crippen LogP contribution in [0, 0.1) is 0 Å². The summed E-state index contributed by atoms with van der Waals surface area (Å²) in [7, 11) is 1.60. The second-order valence-electron chi connectivity index (χ2n) is 3.79. The van der Waals surface area contributed by atoms with Crippen LogP contribution in [-0.4, -0.2) is 12.9 Å². The normalized spacial score (nSPS) is 13.7. The maximum atomic E-state index is 11.9. The minimum atomic E-state index is 0.147. The number of hydrogen-bond donors (Lipinski definition) is 0. The summed E-state index contributed by atoms with van der Waals surface area (Å²) < 4.78 is 5.10. The van der Waals surface area contributed by atoms with Crippen LogP contribution in [-0.2, 0) is 0 Å². The van der Waals surface area contributed by atoms with Crippen molar-refractivity contribution < 1.29 is 9.53 Å². The van der Waals surface area contributed by atoms with Gasteiger partial charge in [-0.15, -0.1) is 0 Å². The number of carbonyl (C=O) groups excluding carboxylic acids is 1. The van der Waals surface area contributed by atoms with Crippen LogP contribution in [0.5, 0.6) is 5.75 Å². The Labute approximate surface area is 95.2 Å². The van der Waals surface area contributed by atoms with E-state index in [1.807, 2.05) is 30.4 Å². The lowest BCUT2D eigenvalue weighted by Gasteiger charge is -2.04. The molecule has 1 aliphatic carbocycles. The zero-order valence-electron chi connectivity index (χ0n) is 9.27. The second-order valence-corrected chi connectivity index (χ2v) is 3.79. The largest absolute Gasteiger partial charge is 0.497 e. The van der Waals surface area contributed by atoms with Crippen LogP contribution in [0.4, 0.5) is 0 Å². The van der Waals surface area contributed by atoms with E-state index in [9.17, 15) is 4.79 Å². The van der Waals surface area contributed by atoms with Gasteiger partial charge in [-0.05, 0) is 18.6 Å². The summed E-state index contributed by atoms with van der Waals surface area (Å²) >= 11 is 0. The number of ketones is 1. The van der Waals surface area contributed by atoms with Gasteiger partial charge in [-0.25, -0.2) is 0 Å². The van der Waals surface area contributed by atoms with Gasteiger partial charge in [0.25, 0.3) is 0 Å². The van der Waals surface area contributed by atoms with Gasteiger partial charge in [-0.1, -0.05) is 35.9 Å². The molecule has 82 valence electrons. The topological polar surface area (TPSA) is 26.3 Å². The van der Waals surface area contributed by atoms with E-state index in [4.69, 9.17) is 4.74 Å². The zero-order valence-corrected chi connectivity index (χ0v) is 9.27. The molecule has 0 radical (unpaired) electrons. The van der Waals surface area contributed by atoms with Crippen molar-refractivity contribution in [2.24, 2.45) is 0 Å². The van der Waals surface area contributed by atoms with Gasteiger partial charge in [-0.3, -0.25) is 4.79 Å². The number of allylic oxidation sites excluding steroid dienone is 4. The first kappa shape index (κ1) is 10.7. The average Bonchev–Trinajstić information content (AvgIpc) is 2.82. The van der Waals surface area contributed by atoms with E-state index >= 15 is 0 Å². The molecule has 0 fully saturated rings. The van der Waals surface area contributed by atoms with Crippen LogP contribution >= 0.6 is 0 Å². The molecule has 0 aromatic heterocycles. The molecule has 2 rings (SSSR count). The van der Waals surface area contributed by atoms with Crippen molar-refractivity contribution in [1.82, 2.24) is 0 Å². The van der Waals surface area contributed by atoms with Gasteiger partial charge in [0, 0.05) is 12.0 Å². The fourth-order valence-electron chi connectivity index (χ4n) is 1.73. The van der Waals surface area contributed by atoms with Crippen molar-refractivity contribution in [3.8, 4) is 5.75 Å². The monoisotopic (exact) mass is 214 g/mol. The van der Waals surface area contributed by atoms with Crippen LogP contribution in [0.1, 0.15) is 23.2 Å². The highest BCUT2D eigenvalue weighted by Crippen LogP contribution is 2.19. The van der Waals surface area contributed by atoms with Crippen LogP contribution < -0.4 is 4.74 Å². The van der Waals surface area contributed by atoms with E-state index in [0.29, 0.717) is 12.0 Å². The molecule has 1 aromatic carbocycles. The molecule has 0 spiro atoms. The van der Waals surface area contributed by atoms with Crippen molar-refractivity contribution in [2.45, 2.75) is 12.8 Å². The number of ether oxygens (including phenoxy) is 1. The average molecular weight is 214 g/mol. The summed E-state index contributed by atoms with van der Waals surface area (Å²) in [6, 6.07) is 7.29. The predicted octanol–water partition coefficient (Wildman–Crippen LogP) is 3.15. The first-order chi connectivity index (χ1) is 7.79. The Hall–Kier alpha value is -1.83. The second kappa shape index (κ2) is 4.79. The number of rotatable bonds is 4. The molecular formula is C14H14O2. The summed E-state index contributed by atoms with van der Waals surface area (Å²) in [5.74, 6) is 0.873. The zero-order chi connectivity index (χ0) is 11.4. The van der Waals surface area contributed by atoms with Gasteiger partial charge in [-0.2, -0.15) is 0 Å². The SMILES string of the molecule is COc1cccc(C(=O)CC2=CC=CC2)c1. The number of carbonyl (C=O) groups is 1. The van der Waals surface area contributed by atoms with Crippen molar-refractivity contribution >= 4 is 5.78 Å². The fourth-order valence-corrected chi connectivity index (χ4v) is 1.73. The maximum Gasteiger partial charge on any atom is 0.167 e. The quantitative estimate of drug-likeness (QED) is 0.720. The molecule has 16 heavy (non-hydrogen) atoms. The summed E-state index contributed by atoms with van der Waals surface area (Å²) in [6.07, 6.45) is 7.47. The molecule has 0 unspecified atom stereocenters. The van der Waals surface area contributed by atoms with E-state index in [0.717, 1.165) is 12.2 Å². The van der Waals surface area contributed by atoms with Crippen molar-refractivity contribution in [3.05, 3.63) is 53.6 Å². The summed E-state index contributed by atoms with van der Waals surface area (Å²) in [5, 5.41) is 0. The van der Waals surface area contributed by atoms with Crippen LogP contribution in [0.25, 0.3) is 0 Å². The Balaban J connectivity index is 2.08. The number of methoxy groups -OCH3 is 1. The van der Waals surface area contributed by atoms with Crippen molar-refractivity contribution in [2.75, 3.05) is 7.11 Å². The molecular weight excluding hydrogens is 200 g/mol. The highest BCUT2D eigenvalue weighted by Gasteiger charge is 2.10. The lowest BCUT2D eigenvalue weighted by atomic mass is 10.0. The smallest absolute Gasteiger partial charge is 0.167 e. The molecule has 2 nitrogen and oxygen atoms in total. The van der Waals surface area contributed by atoms with Gasteiger partial charge in [0.2, 0.25) is 0 Å². The summed E-state index contributed by atoms with van der Waals surface area (Å²) in [5.41, 5.74) is 1.89. The minimum Gasteiger partial charge on any atom is -0.497 e. The van der Waals surface area contributed by atoms with Crippen LogP contribution in [0.2, 0.25) is 0 Å². The molecule has 1 aromatic rings. The highest BCUT2D eigenvalue weighted by molar-refractivity contribution is 5.98. The van der Waals surface area contributed by atoms with Crippen molar-refractivity contribution in [1.29, 1.82) is 0 Å². The van der Waals surface area contributed by atoms with Gasteiger partial charge in [0.15, 0.2) is 5.78 Å². The molecule has 0 atom stereocenters. The van der Waals surface area contributed by atoms with E-state index < -0.39 is 0 Å². The first-order valence-corrected chi connectivity index (χ1v) is 5.31. The molecule has 0 N–H and O–H groups in total. The lowest BCUT2D eigenvalue weighted by Crippen LogP contribution is -2.00. The van der Waals surface area contributed by atoms with Gasteiger partial charge in [0.05, 0.1) is 7.11 Å². The highest BCUT2D eigenvalue weighted by atomic mass is 16.5. The standard InChI is InChI=1S/C14H14O2/c1-16-13-8-4-7-12(10-13)14(15)9-11-5-2-3-6-11/h2-5,7-8,10H,6,9H2,1H3. The summed E-state index contributed by atoms with van der Waals surface area (Å²) in [6.45, 7) is 0. The van der Waals surface area contributed by atoms with Crippen LogP contribution in [0.15, 0.2) is 48.1 Å². The molecule has 0 amide bonds.